The Morgan fingerprint density at radius 3 is 2.37 bits per heavy atom. The predicted molar refractivity (Wildman–Crippen MR) is 121 cm³/mol. The molecule has 30 heavy (non-hydrogen) atoms. The summed E-state index contributed by atoms with van der Waals surface area (Å²) in [5, 5.41) is 3.45. The largest absolute Gasteiger partial charge is 0.482 e. The predicted octanol–water partition coefficient (Wildman–Crippen LogP) is 4.75. The second-order valence-electron chi connectivity index (χ2n) is 7.41. The maximum absolute atomic E-state index is 13.2. The Hall–Kier alpha value is -2.53. The molecule has 1 N–H and O–H groups in total. The summed E-state index contributed by atoms with van der Waals surface area (Å²) in [4.78, 5) is 27.7. The molecule has 0 aliphatic carbocycles. The number of amides is 2. The van der Waals surface area contributed by atoms with Crippen LogP contribution in [0.25, 0.3) is 0 Å². The molecule has 0 spiro atoms. The van der Waals surface area contributed by atoms with Gasteiger partial charge in [-0.15, -0.1) is 0 Å². The summed E-state index contributed by atoms with van der Waals surface area (Å²) >= 11 is 6.14. The van der Waals surface area contributed by atoms with Crippen LogP contribution in [-0.2, 0) is 16.1 Å². The average Bonchev–Trinajstić information content (AvgIpc) is 2.74. The average molecular weight is 431 g/mol. The van der Waals surface area contributed by atoms with Crippen LogP contribution < -0.4 is 10.1 Å². The van der Waals surface area contributed by atoms with Crippen LogP contribution in [0, 0.1) is 6.92 Å². The smallest absolute Gasteiger partial charge is 0.261 e. The minimum atomic E-state index is -0.582. The van der Waals surface area contributed by atoms with E-state index in [1.165, 1.54) is 0 Å². The van der Waals surface area contributed by atoms with Gasteiger partial charge in [0.2, 0.25) is 5.91 Å². The fourth-order valence-electron chi connectivity index (χ4n) is 3.12. The highest BCUT2D eigenvalue weighted by atomic mass is 35.5. The number of carbonyl (C=O) groups is 2. The fraction of sp³-hybridized carbons (Fsp3) is 0.417. The first-order chi connectivity index (χ1) is 14.4. The lowest BCUT2D eigenvalue weighted by atomic mass is 10.1. The van der Waals surface area contributed by atoms with E-state index in [0.29, 0.717) is 23.7 Å². The van der Waals surface area contributed by atoms with Gasteiger partial charge in [-0.1, -0.05) is 61.8 Å². The number of nitrogens with one attached hydrogen (secondary N) is 1. The number of rotatable bonds is 10. The molecule has 0 bridgehead atoms. The second-order valence-corrected chi connectivity index (χ2v) is 7.82. The maximum atomic E-state index is 13.2. The van der Waals surface area contributed by atoms with Crippen molar-refractivity contribution in [1.29, 1.82) is 0 Å². The van der Waals surface area contributed by atoms with Gasteiger partial charge in [0.25, 0.3) is 5.91 Å². The third-order valence-corrected chi connectivity index (χ3v) is 5.49. The van der Waals surface area contributed by atoms with E-state index in [4.69, 9.17) is 16.3 Å². The quantitative estimate of drug-likeness (QED) is 0.591. The molecule has 6 heteroatoms. The van der Waals surface area contributed by atoms with Crippen LogP contribution in [0.15, 0.2) is 48.5 Å². The summed E-state index contributed by atoms with van der Waals surface area (Å²) in [6.07, 6.45) is 1.33. The van der Waals surface area contributed by atoms with Gasteiger partial charge in [0.05, 0.1) is 5.02 Å². The Balaban J connectivity index is 2.24. The minimum Gasteiger partial charge on any atom is -0.482 e. The van der Waals surface area contributed by atoms with E-state index in [9.17, 15) is 9.59 Å². The molecule has 5 nitrogen and oxygen atoms in total. The van der Waals surface area contributed by atoms with Crippen LogP contribution in [0.4, 0.5) is 0 Å². The fourth-order valence-corrected chi connectivity index (χ4v) is 3.31. The van der Waals surface area contributed by atoms with E-state index in [1.807, 2.05) is 52.0 Å². The highest BCUT2D eigenvalue weighted by Gasteiger charge is 2.29. The molecule has 0 aliphatic heterocycles. The normalized spacial score (nSPS) is 12.7. The Kier molecular flexibility index (Phi) is 9.18. The van der Waals surface area contributed by atoms with Crippen LogP contribution in [0.3, 0.4) is 0 Å². The number of hydrogen-bond donors (Lipinski definition) is 1. The van der Waals surface area contributed by atoms with Crippen molar-refractivity contribution in [2.75, 3.05) is 6.61 Å². The Morgan fingerprint density at radius 2 is 1.73 bits per heavy atom. The lowest BCUT2D eigenvalue weighted by Crippen LogP contribution is -2.51. The minimum absolute atomic E-state index is 0.0429. The van der Waals surface area contributed by atoms with Crippen LogP contribution in [0.2, 0.25) is 5.02 Å². The summed E-state index contributed by atoms with van der Waals surface area (Å²) in [6, 6.07) is 14.3. The Labute approximate surface area is 184 Å². The molecule has 0 saturated heterocycles. The van der Waals surface area contributed by atoms with Gasteiger partial charge in [-0.25, -0.2) is 0 Å². The summed E-state index contributed by atoms with van der Waals surface area (Å²) in [7, 11) is 0. The zero-order valence-corrected chi connectivity index (χ0v) is 18.9. The zero-order valence-electron chi connectivity index (χ0n) is 18.2. The number of halogens is 1. The monoisotopic (exact) mass is 430 g/mol. The first-order valence-electron chi connectivity index (χ1n) is 10.4. The highest BCUT2D eigenvalue weighted by molar-refractivity contribution is 6.32. The van der Waals surface area contributed by atoms with Crippen molar-refractivity contribution in [1.82, 2.24) is 10.2 Å². The zero-order chi connectivity index (χ0) is 22.1. The van der Waals surface area contributed by atoms with Crippen molar-refractivity contribution < 1.29 is 14.3 Å². The molecule has 2 aromatic carbocycles. The standard InChI is InChI=1S/C24H31ClN2O3/c1-5-18(4)26-24(29)21(6-2)27(15-19-12-8-7-11-17(19)3)23(28)16-30-22-14-10-9-13-20(22)25/h7-14,18,21H,5-6,15-16H2,1-4H3,(H,26,29)/t18-,21-/m0/s1. The molecule has 2 atom stereocenters. The first-order valence-corrected chi connectivity index (χ1v) is 10.8. The van der Waals surface area contributed by atoms with Gasteiger partial charge in [-0.2, -0.15) is 0 Å². The number of para-hydroxylation sites is 1. The van der Waals surface area contributed by atoms with Crippen molar-refractivity contribution in [3.05, 3.63) is 64.7 Å². The molecule has 162 valence electrons. The molecule has 0 heterocycles. The van der Waals surface area contributed by atoms with Crippen molar-refractivity contribution in [3.63, 3.8) is 0 Å². The van der Waals surface area contributed by atoms with Crippen LogP contribution >= 0.6 is 11.6 Å². The van der Waals surface area contributed by atoms with E-state index >= 15 is 0 Å². The van der Waals surface area contributed by atoms with Crippen LogP contribution in [-0.4, -0.2) is 35.4 Å². The van der Waals surface area contributed by atoms with Crippen molar-refractivity contribution in [3.8, 4) is 5.75 Å². The summed E-state index contributed by atoms with van der Waals surface area (Å²) in [5.74, 6) is 0.0383. The number of carbonyl (C=O) groups excluding carboxylic acids is 2. The van der Waals surface area contributed by atoms with Crippen LogP contribution in [0.5, 0.6) is 5.75 Å². The molecular formula is C24H31ClN2O3. The number of hydrogen-bond acceptors (Lipinski definition) is 3. The maximum Gasteiger partial charge on any atom is 0.261 e. The topological polar surface area (TPSA) is 58.6 Å². The molecule has 0 aromatic heterocycles. The molecule has 2 amide bonds. The van der Waals surface area contributed by atoms with E-state index in [1.54, 1.807) is 29.2 Å². The molecule has 2 rings (SSSR count). The molecular weight excluding hydrogens is 400 g/mol. The van der Waals surface area contributed by atoms with E-state index in [0.717, 1.165) is 17.5 Å². The Morgan fingerprint density at radius 1 is 1.07 bits per heavy atom. The molecule has 0 fully saturated rings. The second kappa shape index (κ2) is 11.6. The number of ether oxygens (including phenoxy) is 1. The number of nitrogens with zero attached hydrogens (tertiary/aromatic N) is 1. The van der Waals surface area contributed by atoms with Gasteiger partial charge in [-0.05, 0) is 49.9 Å². The first kappa shape index (κ1) is 23.7. The lowest BCUT2D eigenvalue weighted by molar-refractivity contribution is -0.143. The number of aryl methyl sites for hydroxylation is 1. The third kappa shape index (κ3) is 6.49. The molecule has 0 saturated carbocycles. The van der Waals surface area contributed by atoms with Gasteiger partial charge < -0.3 is 15.0 Å². The SMILES string of the molecule is CC[C@H](C)NC(=O)[C@H](CC)N(Cc1ccccc1C)C(=O)COc1ccccc1Cl. The van der Waals surface area contributed by atoms with Crippen molar-refractivity contribution >= 4 is 23.4 Å². The van der Waals surface area contributed by atoms with Crippen LogP contribution in [0.1, 0.15) is 44.7 Å². The highest BCUT2D eigenvalue weighted by Crippen LogP contribution is 2.23. The molecule has 0 unspecified atom stereocenters. The van der Waals surface area contributed by atoms with Gasteiger partial charge in [0.15, 0.2) is 6.61 Å². The van der Waals surface area contributed by atoms with Gasteiger partial charge in [0, 0.05) is 12.6 Å². The summed E-state index contributed by atoms with van der Waals surface area (Å²) in [5.41, 5.74) is 2.07. The van der Waals surface area contributed by atoms with E-state index < -0.39 is 6.04 Å². The third-order valence-electron chi connectivity index (χ3n) is 5.18. The van der Waals surface area contributed by atoms with Gasteiger partial charge in [0.1, 0.15) is 11.8 Å². The molecule has 0 aliphatic rings. The van der Waals surface area contributed by atoms with E-state index in [2.05, 4.69) is 5.32 Å². The van der Waals surface area contributed by atoms with Gasteiger partial charge >= 0.3 is 0 Å². The molecule has 2 aromatic rings. The summed E-state index contributed by atoms with van der Waals surface area (Å²) in [6.45, 7) is 8.02. The molecule has 0 radical (unpaired) electrons. The van der Waals surface area contributed by atoms with E-state index in [-0.39, 0.29) is 24.5 Å². The Bertz CT molecular complexity index is 856. The summed E-state index contributed by atoms with van der Waals surface area (Å²) < 4.78 is 5.67. The number of benzene rings is 2. The van der Waals surface area contributed by atoms with Crippen molar-refractivity contribution in [2.45, 2.75) is 59.2 Å². The van der Waals surface area contributed by atoms with Crippen molar-refractivity contribution in [2.24, 2.45) is 0 Å². The lowest BCUT2D eigenvalue weighted by Gasteiger charge is -2.31. The van der Waals surface area contributed by atoms with Gasteiger partial charge in [-0.3, -0.25) is 9.59 Å².